The fourth-order valence-corrected chi connectivity index (χ4v) is 3.46. The van der Waals surface area contributed by atoms with Crippen LogP contribution in [0.2, 0.25) is 0 Å². The van der Waals surface area contributed by atoms with Crippen molar-refractivity contribution in [1.82, 2.24) is 14.9 Å². The number of fused-ring (bicyclic) bond motifs is 1. The van der Waals surface area contributed by atoms with Gasteiger partial charge in [-0.15, -0.1) is 0 Å². The van der Waals surface area contributed by atoms with Gasteiger partial charge in [-0.25, -0.2) is 9.59 Å². The van der Waals surface area contributed by atoms with Crippen LogP contribution in [-0.2, 0) is 9.53 Å². The Morgan fingerprint density at radius 1 is 1.16 bits per heavy atom. The molecule has 1 fully saturated rings. The van der Waals surface area contributed by atoms with Gasteiger partial charge in [-0.1, -0.05) is 18.2 Å². The first kappa shape index (κ1) is 23.0. The summed E-state index contributed by atoms with van der Waals surface area (Å²) in [5, 5.41) is 10.5. The molecule has 0 saturated carbocycles. The summed E-state index contributed by atoms with van der Waals surface area (Å²) in [6.07, 6.45) is 4.11. The van der Waals surface area contributed by atoms with E-state index in [2.05, 4.69) is 9.97 Å². The van der Waals surface area contributed by atoms with Crippen molar-refractivity contribution in [2.45, 2.75) is 45.3 Å². The van der Waals surface area contributed by atoms with Crippen molar-refractivity contribution in [3.05, 3.63) is 65.2 Å². The quantitative estimate of drug-likeness (QED) is 0.625. The van der Waals surface area contributed by atoms with Crippen molar-refractivity contribution < 1.29 is 19.4 Å². The largest absolute Gasteiger partial charge is 0.480 e. The van der Waals surface area contributed by atoms with Gasteiger partial charge in [-0.2, -0.15) is 0 Å². The van der Waals surface area contributed by atoms with Gasteiger partial charge in [0.15, 0.2) is 0 Å². The van der Waals surface area contributed by atoms with Gasteiger partial charge >= 0.3 is 12.1 Å². The number of pyridine rings is 2. The molecule has 2 N–H and O–H groups in total. The zero-order valence-corrected chi connectivity index (χ0v) is 18.4. The third kappa shape index (κ3) is 5.72. The highest BCUT2D eigenvalue weighted by Gasteiger charge is 2.36. The first-order valence-corrected chi connectivity index (χ1v) is 10.4. The monoisotopic (exact) mass is 437 g/mol. The molecule has 32 heavy (non-hydrogen) atoms. The van der Waals surface area contributed by atoms with Crippen LogP contribution in [0.1, 0.15) is 33.6 Å². The summed E-state index contributed by atoms with van der Waals surface area (Å²) in [7, 11) is 0. The number of benzene rings is 1. The van der Waals surface area contributed by atoms with Crippen LogP contribution in [0.3, 0.4) is 0 Å². The number of carbonyl (C=O) groups excluding carboxylic acids is 1. The zero-order chi connectivity index (χ0) is 23.3. The van der Waals surface area contributed by atoms with Crippen LogP contribution in [0.5, 0.6) is 0 Å². The topological polar surface area (TPSA) is 113 Å². The first-order valence-electron chi connectivity index (χ1n) is 10.4. The highest BCUT2D eigenvalue weighted by atomic mass is 16.6. The van der Waals surface area contributed by atoms with E-state index in [1.807, 2.05) is 42.5 Å². The SMILES string of the molecule is CC(C)(C)OC(=O)N1CCC[C@H]1C(=O)O.O=c1[nH]c(-c2ccncc2)cc2ccccc12. The number of nitrogens with zero attached hydrogens (tertiary/aromatic N) is 2. The zero-order valence-electron chi connectivity index (χ0n) is 18.4. The van der Waals surface area contributed by atoms with Gasteiger partial charge in [0, 0.05) is 35.6 Å². The molecule has 8 heteroatoms. The molecular weight excluding hydrogens is 410 g/mol. The Morgan fingerprint density at radius 2 is 1.84 bits per heavy atom. The summed E-state index contributed by atoms with van der Waals surface area (Å²) in [6.45, 7) is 5.75. The third-order valence-electron chi connectivity index (χ3n) is 4.91. The summed E-state index contributed by atoms with van der Waals surface area (Å²) in [6, 6.07) is 12.6. The molecule has 1 aromatic carbocycles. The maximum Gasteiger partial charge on any atom is 0.411 e. The summed E-state index contributed by atoms with van der Waals surface area (Å²) in [5.41, 5.74) is 1.14. The molecule has 3 heterocycles. The van der Waals surface area contributed by atoms with Gasteiger partial charge in [0.2, 0.25) is 0 Å². The Kier molecular flexibility index (Phi) is 6.92. The van der Waals surface area contributed by atoms with Gasteiger partial charge in [-0.05, 0) is 63.3 Å². The number of rotatable bonds is 2. The fraction of sp³-hybridized carbons (Fsp3) is 0.333. The molecule has 1 aliphatic heterocycles. The predicted molar refractivity (Wildman–Crippen MR) is 121 cm³/mol. The molecule has 0 spiro atoms. The van der Waals surface area contributed by atoms with Crippen molar-refractivity contribution >= 4 is 22.8 Å². The molecule has 168 valence electrons. The molecule has 1 aliphatic rings. The Balaban J connectivity index is 0.000000183. The molecule has 1 atom stereocenters. The van der Waals surface area contributed by atoms with Crippen molar-refractivity contribution in [3.63, 3.8) is 0 Å². The van der Waals surface area contributed by atoms with Gasteiger partial charge in [-0.3, -0.25) is 14.7 Å². The van der Waals surface area contributed by atoms with Crippen LogP contribution < -0.4 is 5.56 Å². The number of aromatic amines is 1. The summed E-state index contributed by atoms with van der Waals surface area (Å²) in [4.78, 5) is 42.5. The lowest BCUT2D eigenvalue weighted by Crippen LogP contribution is -2.43. The molecule has 1 saturated heterocycles. The maximum absolute atomic E-state index is 11.9. The Bertz CT molecular complexity index is 1150. The standard InChI is InChI=1S/C14H10N2O.C10H17NO4/c17-14-12-4-2-1-3-11(12)9-13(16-14)10-5-7-15-8-6-10;1-10(2,3)15-9(14)11-6-4-5-7(11)8(12)13/h1-9H,(H,16,17);7H,4-6H2,1-3H3,(H,12,13)/t;7-/m.0/s1. The second-order valence-corrected chi connectivity index (χ2v) is 8.51. The average molecular weight is 437 g/mol. The summed E-state index contributed by atoms with van der Waals surface area (Å²) in [5.74, 6) is -0.960. The minimum Gasteiger partial charge on any atom is -0.480 e. The maximum atomic E-state index is 11.9. The molecule has 0 radical (unpaired) electrons. The summed E-state index contributed by atoms with van der Waals surface area (Å²) >= 11 is 0. The smallest absolute Gasteiger partial charge is 0.411 e. The van der Waals surface area contributed by atoms with E-state index in [-0.39, 0.29) is 5.56 Å². The molecule has 4 rings (SSSR count). The lowest BCUT2D eigenvalue weighted by Gasteiger charge is -2.26. The number of nitrogens with one attached hydrogen (secondary N) is 1. The van der Waals surface area contributed by atoms with Crippen molar-refractivity contribution in [2.75, 3.05) is 6.54 Å². The number of aliphatic carboxylic acids is 1. The number of H-pyrrole nitrogens is 1. The van der Waals surface area contributed by atoms with E-state index in [1.54, 1.807) is 33.2 Å². The normalized spacial score (nSPS) is 15.7. The molecule has 0 bridgehead atoms. The number of hydrogen-bond donors (Lipinski definition) is 2. The first-order chi connectivity index (χ1) is 15.2. The van der Waals surface area contributed by atoms with Crippen molar-refractivity contribution in [1.29, 1.82) is 0 Å². The molecule has 0 aliphatic carbocycles. The average Bonchev–Trinajstić information content (AvgIpc) is 3.24. The fourth-order valence-electron chi connectivity index (χ4n) is 3.46. The van der Waals surface area contributed by atoms with E-state index >= 15 is 0 Å². The van der Waals surface area contributed by atoms with Gasteiger partial charge in [0.1, 0.15) is 11.6 Å². The molecular formula is C24H27N3O5. The number of carboxylic acids is 1. The highest BCUT2D eigenvalue weighted by molar-refractivity contribution is 5.85. The predicted octanol–water partition coefficient (Wildman–Crippen LogP) is 4.06. The van der Waals surface area contributed by atoms with E-state index in [4.69, 9.17) is 9.84 Å². The van der Waals surface area contributed by atoms with Gasteiger partial charge < -0.3 is 14.8 Å². The van der Waals surface area contributed by atoms with E-state index < -0.39 is 23.7 Å². The van der Waals surface area contributed by atoms with Crippen LogP contribution in [0.4, 0.5) is 4.79 Å². The third-order valence-corrected chi connectivity index (χ3v) is 4.91. The van der Waals surface area contributed by atoms with E-state index in [0.717, 1.165) is 23.1 Å². The number of amides is 1. The van der Waals surface area contributed by atoms with Crippen LogP contribution in [0.25, 0.3) is 22.0 Å². The molecule has 2 aromatic heterocycles. The molecule has 8 nitrogen and oxygen atoms in total. The number of ether oxygens (including phenoxy) is 1. The Hall–Kier alpha value is -3.68. The van der Waals surface area contributed by atoms with Crippen molar-refractivity contribution in [2.24, 2.45) is 0 Å². The Morgan fingerprint density at radius 3 is 2.50 bits per heavy atom. The van der Waals surface area contributed by atoms with E-state index in [9.17, 15) is 14.4 Å². The second-order valence-electron chi connectivity index (χ2n) is 8.51. The van der Waals surface area contributed by atoms with Gasteiger partial charge in [0.05, 0.1) is 0 Å². The summed E-state index contributed by atoms with van der Waals surface area (Å²) < 4.78 is 5.13. The molecule has 1 amide bonds. The number of aromatic nitrogens is 2. The number of likely N-dealkylation sites (tertiary alicyclic amines) is 1. The van der Waals surface area contributed by atoms with Crippen LogP contribution in [-0.4, -0.2) is 50.2 Å². The highest BCUT2D eigenvalue weighted by Crippen LogP contribution is 2.21. The lowest BCUT2D eigenvalue weighted by molar-refractivity contribution is -0.142. The Labute approximate surface area is 185 Å². The second kappa shape index (κ2) is 9.64. The minimum absolute atomic E-state index is 0.0603. The molecule has 3 aromatic rings. The number of carbonyl (C=O) groups is 2. The molecule has 0 unspecified atom stereocenters. The lowest BCUT2D eigenvalue weighted by atomic mass is 10.1. The van der Waals surface area contributed by atoms with Crippen LogP contribution >= 0.6 is 0 Å². The van der Waals surface area contributed by atoms with Gasteiger partial charge in [0.25, 0.3) is 5.56 Å². The van der Waals surface area contributed by atoms with Crippen molar-refractivity contribution in [3.8, 4) is 11.3 Å². The van der Waals surface area contributed by atoms with E-state index in [1.165, 1.54) is 4.90 Å². The van der Waals surface area contributed by atoms with Crippen LogP contribution in [0, 0.1) is 0 Å². The number of carboxylic acid groups (broad SMARTS) is 1. The van der Waals surface area contributed by atoms with Crippen LogP contribution in [0.15, 0.2) is 59.7 Å². The minimum atomic E-state index is -0.960. The number of hydrogen-bond acceptors (Lipinski definition) is 5. The van der Waals surface area contributed by atoms with E-state index in [0.29, 0.717) is 18.4 Å².